The Bertz CT molecular complexity index is 446. The molecule has 0 saturated heterocycles. The highest BCUT2D eigenvalue weighted by atomic mass is 16.5. The van der Waals surface area contributed by atoms with Crippen molar-refractivity contribution in [1.82, 2.24) is 0 Å². The summed E-state index contributed by atoms with van der Waals surface area (Å²) < 4.78 is 5.04. The number of carbonyl (C=O) groups excluding carboxylic acids is 1. The third-order valence-electron chi connectivity index (χ3n) is 2.85. The fourth-order valence-corrected chi connectivity index (χ4v) is 1.86. The van der Waals surface area contributed by atoms with Gasteiger partial charge in [0, 0.05) is 0 Å². The number of benzene rings is 1. The lowest BCUT2D eigenvalue weighted by Crippen LogP contribution is -2.29. The molecule has 1 N–H and O–H groups in total. The minimum absolute atomic E-state index is 0.0154. The van der Waals surface area contributed by atoms with Crippen LogP contribution in [0.5, 0.6) is 0 Å². The first-order valence-corrected chi connectivity index (χ1v) is 6.32. The number of carbonyl (C=O) groups is 2. The van der Waals surface area contributed by atoms with Gasteiger partial charge in [-0.15, -0.1) is 0 Å². The lowest BCUT2D eigenvalue weighted by molar-refractivity contribution is -0.153. The third kappa shape index (κ3) is 4.73. The molecule has 1 rings (SSSR count). The lowest BCUT2D eigenvalue weighted by atomic mass is 9.85. The van der Waals surface area contributed by atoms with Gasteiger partial charge in [0.2, 0.25) is 0 Å². The Labute approximate surface area is 113 Å². The molecule has 0 aliphatic heterocycles. The molecule has 4 nitrogen and oxygen atoms in total. The topological polar surface area (TPSA) is 63.6 Å². The number of carboxylic acid groups (broad SMARTS) is 1. The Morgan fingerprint density at radius 1 is 1.16 bits per heavy atom. The quantitative estimate of drug-likeness (QED) is 0.802. The molecule has 19 heavy (non-hydrogen) atoms. The van der Waals surface area contributed by atoms with E-state index < -0.39 is 11.4 Å². The highest BCUT2D eigenvalue weighted by Gasteiger charge is 2.29. The fraction of sp³-hybridized carbons (Fsp3) is 0.467. The van der Waals surface area contributed by atoms with Crippen molar-refractivity contribution < 1.29 is 19.4 Å². The SMILES string of the molecule is CCOC(=O)C(C)(C)Cc1ccc(CC(=O)O)cc1. The van der Waals surface area contributed by atoms with E-state index in [1.54, 1.807) is 19.1 Å². The zero-order valence-corrected chi connectivity index (χ0v) is 11.6. The maximum Gasteiger partial charge on any atom is 0.311 e. The molecule has 0 bridgehead atoms. The van der Waals surface area contributed by atoms with Crippen molar-refractivity contribution in [1.29, 1.82) is 0 Å². The second-order valence-electron chi connectivity index (χ2n) is 5.17. The van der Waals surface area contributed by atoms with E-state index in [0.717, 1.165) is 11.1 Å². The molecule has 104 valence electrons. The molecule has 0 aliphatic rings. The van der Waals surface area contributed by atoms with Gasteiger partial charge in [-0.1, -0.05) is 24.3 Å². The van der Waals surface area contributed by atoms with E-state index in [9.17, 15) is 9.59 Å². The Morgan fingerprint density at radius 3 is 2.16 bits per heavy atom. The number of aliphatic carboxylic acids is 1. The molecule has 0 radical (unpaired) electrons. The maximum atomic E-state index is 11.8. The Kier molecular flexibility index (Phi) is 5.10. The Hall–Kier alpha value is -1.84. The average Bonchev–Trinajstić information content (AvgIpc) is 2.31. The van der Waals surface area contributed by atoms with Crippen LogP contribution in [-0.4, -0.2) is 23.7 Å². The molecule has 0 heterocycles. The predicted molar refractivity (Wildman–Crippen MR) is 71.9 cm³/mol. The average molecular weight is 264 g/mol. The van der Waals surface area contributed by atoms with Gasteiger partial charge in [0.05, 0.1) is 18.4 Å². The minimum atomic E-state index is -0.848. The van der Waals surface area contributed by atoms with E-state index in [4.69, 9.17) is 9.84 Å². The van der Waals surface area contributed by atoms with Gasteiger partial charge in [-0.25, -0.2) is 0 Å². The smallest absolute Gasteiger partial charge is 0.311 e. The van der Waals surface area contributed by atoms with Gasteiger partial charge in [0.1, 0.15) is 0 Å². The number of esters is 1. The van der Waals surface area contributed by atoms with Crippen molar-refractivity contribution in [2.45, 2.75) is 33.6 Å². The predicted octanol–water partition coefficient (Wildman–Crippen LogP) is 2.45. The number of hydrogen-bond donors (Lipinski definition) is 1. The maximum absolute atomic E-state index is 11.8. The summed E-state index contributed by atoms with van der Waals surface area (Å²) in [7, 11) is 0. The monoisotopic (exact) mass is 264 g/mol. The number of hydrogen-bond acceptors (Lipinski definition) is 3. The van der Waals surface area contributed by atoms with Crippen LogP contribution in [0.2, 0.25) is 0 Å². The van der Waals surface area contributed by atoms with Gasteiger partial charge in [0.25, 0.3) is 0 Å². The van der Waals surface area contributed by atoms with E-state index in [1.807, 2.05) is 26.0 Å². The summed E-state index contributed by atoms with van der Waals surface area (Å²) in [5.74, 6) is -1.07. The molecular weight excluding hydrogens is 244 g/mol. The first-order chi connectivity index (χ1) is 8.85. The molecule has 4 heteroatoms. The molecule has 0 fully saturated rings. The summed E-state index contributed by atoms with van der Waals surface area (Å²) in [6.45, 7) is 5.85. The van der Waals surface area contributed by atoms with Crippen LogP contribution in [0.15, 0.2) is 24.3 Å². The van der Waals surface area contributed by atoms with Crippen LogP contribution >= 0.6 is 0 Å². The molecule has 1 aromatic rings. The highest BCUT2D eigenvalue weighted by molar-refractivity contribution is 5.76. The first kappa shape index (κ1) is 15.2. The summed E-state index contributed by atoms with van der Waals surface area (Å²) >= 11 is 0. The molecule has 0 aromatic heterocycles. The third-order valence-corrected chi connectivity index (χ3v) is 2.85. The fourth-order valence-electron chi connectivity index (χ4n) is 1.86. The van der Waals surface area contributed by atoms with Gasteiger partial charge < -0.3 is 9.84 Å². The van der Waals surface area contributed by atoms with Crippen LogP contribution in [0.25, 0.3) is 0 Å². The molecule has 0 amide bonds. The second-order valence-corrected chi connectivity index (χ2v) is 5.17. The summed E-state index contributed by atoms with van der Waals surface area (Å²) in [5, 5.41) is 8.69. The molecule has 1 aromatic carbocycles. The van der Waals surface area contributed by atoms with Crippen LogP contribution in [0.4, 0.5) is 0 Å². The van der Waals surface area contributed by atoms with Crippen molar-refractivity contribution in [2.24, 2.45) is 5.41 Å². The minimum Gasteiger partial charge on any atom is -0.481 e. The van der Waals surface area contributed by atoms with Gasteiger partial charge >= 0.3 is 11.9 Å². The largest absolute Gasteiger partial charge is 0.481 e. The molecule has 0 saturated carbocycles. The van der Waals surface area contributed by atoms with E-state index in [2.05, 4.69) is 0 Å². The number of rotatable bonds is 6. The summed E-state index contributed by atoms with van der Waals surface area (Å²) in [4.78, 5) is 22.4. The van der Waals surface area contributed by atoms with Crippen molar-refractivity contribution in [3.8, 4) is 0 Å². The number of carboxylic acids is 1. The molecule has 0 aliphatic carbocycles. The van der Waals surface area contributed by atoms with Crippen LogP contribution in [0, 0.1) is 5.41 Å². The van der Waals surface area contributed by atoms with E-state index in [-0.39, 0.29) is 12.4 Å². The number of ether oxygens (including phenoxy) is 1. The van der Waals surface area contributed by atoms with Crippen molar-refractivity contribution >= 4 is 11.9 Å². The van der Waals surface area contributed by atoms with Crippen LogP contribution in [0.1, 0.15) is 31.9 Å². The summed E-state index contributed by atoms with van der Waals surface area (Å²) in [5.41, 5.74) is 1.17. The van der Waals surface area contributed by atoms with Crippen LogP contribution in [0.3, 0.4) is 0 Å². The van der Waals surface area contributed by atoms with Crippen molar-refractivity contribution in [3.63, 3.8) is 0 Å². The van der Waals surface area contributed by atoms with E-state index in [0.29, 0.717) is 13.0 Å². The lowest BCUT2D eigenvalue weighted by Gasteiger charge is -2.22. The van der Waals surface area contributed by atoms with Crippen LogP contribution in [-0.2, 0) is 27.2 Å². The van der Waals surface area contributed by atoms with Gasteiger partial charge in [-0.2, -0.15) is 0 Å². The molecule has 0 spiro atoms. The summed E-state index contributed by atoms with van der Waals surface area (Å²) in [6, 6.07) is 7.29. The van der Waals surface area contributed by atoms with E-state index in [1.165, 1.54) is 0 Å². The highest BCUT2D eigenvalue weighted by Crippen LogP contribution is 2.24. The second kappa shape index (κ2) is 6.36. The van der Waals surface area contributed by atoms with Crippen molar-refractivity contribution in [3.05, 3.63) is 35.4 Å². The van der Waals surface area contributed by atoms with Crippen molar-refractivity contribution in [2.75, 3.05) is 6.61 Å². The standard InChI is InChI=1S/C15H20O4/c1-4-19-14(18)15(2,3)10-12-7-5-11(6-8-12)9-13(16)17/h5-8H,4,9-10H2,1-3H3,(H,16,17). The van der Waals surface area contributed by atoms with Crippen LogP contribution < -0.4 is 0 Å². The normalized spacial score (nSPS) is 11.1. The molecule has 0 unspecified atom stereocenters. The zero-order chi connectivity index (χ0) is 14.5. The van der Waals surface area contributed by atoms with E-state index >= 15 is 0 Å². The summed E-state index contributed by atoms with van der Waals surface area (Å²) in [6.07, 6.45) is 0.584. The Balaban J connectivity index is 2.71. The Morgan fingerprint density at radius 2 is 1.68 bits per heavy atom. The van der Waals surface area contributed by atoms with Gasteiger partial charge in [-0.3, -0.25) is 9.59 Å². The molecule has 0 atom stereocenters. The molecular formula is C15H20O4. The van der Waals surface area contributed by atoms with Gasteiger partial charge in [-0.05, 0) is 38.3 Å². The first-order valence-electron chi connectivity index (χ1n) is 6.32. The zero-order valence-electron chi connectivity index (χ0n) is 11.6. The van der Waals surface area contributed by atoms with Gasteiger partial charge in [0.15, 0.2) is 0 Å².